The van der Waals surface area contributed by atoms with Crippen LogP contribution in [0.25, 0.3) is 0 Å². The molecular weight excluding hydrogens is 342 g/mol. The molecule has 0 saturated carbocycles. The Balaban J connectivity index is 2.44. The van der Waals surface area contributed by atoms with Crippen LogP contribution in [0, 0.1) is 25.4 Å². The second-order valence-corrected chi connectivity index (χ2v) is 7.87. The van der Waals surface area contributed by atoms with Crippen LogP contribution in [0.2, 0.25) is 0 Å². The van der Waals surface area contributed by atoms with Gasteiger partial charge in [0.25, 0.3) is 0 Å². The van der Waals surface area contributed by atoms with Crippen LogP contribution in [0.4, 0.5) is 0 Å². The number of aromatic nitrogens is 1. The smallest absolute Gasteiger partial charge is 0.339 e. The van der Waals surface area contributed by atoms with E-state index >= 15 is 0 Å². The second-order valence-electron chi connectivity index (χ2n) is 5.94. The number of aryl methyl sites for hydroxylation is 2. The molecule has 2 aromatic rings. The summed E-state index contributed by atoms with van der Waals surface area (Å²) in [6.07, 6.45) is 2.01. The highest BCUT2D eigenvalue weighted by Crippen LogP contribution is 2.24. The SMILES string of the molecule is CCCCn1c(C)c(C)cc(OS(=O)(=O)c2ccc(C)cc2)c1=S. The summed E-state index contributed by atoms with van der Waals surface area (Å²) in [4.78, 5) is 0.126. The number of unbranched alkanes of at least 4 members (excludes halogenated alkanes) is 1. The lowest BCUT2D eigenvalue weighted by Crippen LogP contribution is -2.14. The van der Waals surface area contributed by atoms with Gasteiger partial charge in [0.2, 0.25) is 0 Å². The highest BCUT2D eigenvalue weighted by Gasteiger charge is 2.19. The standard InChI is InChI=1S/C18H23NO3S2/c1-5-6-11-19-15(4)14(3)12-17(18(19)23)22-24(20,21)16-9-7-13(2)8-10-16/h7-10,12H,5-6,11H2,1-4H3. The maximum absolute atomic E-state index is 12.5. The van der Waals surface area contributed by atoms with Crippen molar-refractivity contribution in [2.24, 2.45) is 0 Å². The quantitative estimate of drug-likeness (QED) is 0.549. The second kappa shape index (κ2) is 7.49. The van der Waals surface area contributed by atoms with E-state index in [-0.39, 0.29) is 10.6 Å². The Morgan fingerprint density at radius 3 is 2.33 bits per heavy atom. The van der Waals surface area contributed by atoms with Gasteiger partial charge in [0.1, 0.15) is 9.54 Å². The van der Waals surface area contributed by atoms with E-state index in [1.54, 1.807) is 30.3 Å². The zero-order valence-electron chi connectivity index (χ0n) is 14.5. The van der Waals surface area contributed by atoms with Crippen molar-refractivity contribution >= 4 is 22.3 Å². The number of pyridine rings is 1. The van der Waals surface area contributed by atoms with Crippen molar-refractivity contribution in [1.82, 2.24) is 4.57 Å². The minimum absolute atomic E-state index is 0.126. The van der Waals surface area contributed by atoms with E-state index in [0.29, 0.717) is 4.64 Å². The van der Waals surface area contributed by atoms with E-state index in [1.807, 2.05) is 25.3 Å². The third-order valence-corrected chi connectivity index (χ3v) is 5.69. The first-order chi connectivity index (χ1) is 11.3. The van der Waals surface area contributed by atoms with Crippen LogP contribution < -0.4 is 4.18 Å². The third-order valence-electron chi connectivity index (χ3n) is 4.02. The Morgan fingerprint density at radius 1 is 1.12 bits per heavy atom. The number of benzene rings is 1. The van der Waals surface area contributed by atoms with Gasteiger partial charge in [-0.25, -0.2) is 0 Å². The van der Waals surface area contributed by atoms with Gasteiger partial charge >= 0.3 is 10.1 Å². The predicted octanol–water partition coefficient (Wildman–Crippen LogP) is 4.71. The highest BCUT2D eigenvalue weighted by atomic mass is 32.2. The number of rotatable bonds is 6. The van der Waals surface area contributed by atoms with E-state index in [9.17, 15) is 8.42 Å². The summed E-state index contributed by atoms with van der Waals surface area (Å²) in [5.41, 5.74) is 2.98. The van der Waals surface area contributed by atoms with E-state index < -0.39 is 10.1 Å². The summed E-state index contributed by atoms with van der Waals surface area (Å²) >= 11 is 5.46. The van der Waals surface area contributed by atoms with Crippen molar-refractivity contribution in [3.05, 3.63) is 51.8 Å². The first-order valence-corrected chi connectivity index (χ1v) is 9.80. The molecule has 0 amide bonds. The molecule has 0 bridgehead atoms. The summed E-state index contributed by atoms with van der Waals surface area (Å²) in [6.45, 7) is 8.67. The molecule has 24 heavy (non-hydrogen) atoms. The molecule has 1 aromatic carbocycles. The molecule has 130 valence electrons. The number of hydrogen-bond donors (Lipinski definition) is 0. The summed E-state index contributed by atoms with van der Waals surface area (Å²) < 4.78 is 32.8. The average Bonchev–Trinajstić information content (AvgIpc) is 2.53. The molecule has 1 heterocycles. The largest absolute Gasteiger partial charge is 0.376 e. The average molecular weight is 366 g/mol. The zero-order valence-corrected chi connectivity index (χ0v) is 16.1. The van der Waals surface area contributed by atoms with Gasteiger partial charge < -0.3 is 8.75 Å². The van der Waals surface area contributed by atoms with Crippen molar-refractivity contribution in [3.8, 4) is 5.75 Å². The van der Waals surface area contributed by atoms with Crippen molar-refractivity contribution in [2.45, 2.75) is 52.0 Å². The number of nitrogens with zero attached hydrogens (tertiary/aromatic N) is 1. The fourth-order valence-electron chi connectivity index (χ4n) is 2.38. The van der Waals surface area contributed by atoms with Gasteiger partial charge in [-0.15, -0.1) is 0 Å². The minimum Gasteiger partial charge on any atom is -0.376 e. The predicted molar refractivity (Wildman–Crippen MR) is 98.6 cm³/mol. The van der Waals surface area contributed by atoms with Gasteiger partial charge in [0.05, 0.1) is 0 Å². The van der Waals surface area contributed by atoms with E-state index in [4.69, 9.17) is 16.4 Å². The molecule has 0 aliphatic carbocycles. The van der Waals surface area contributed by atoms with Crippen LogP contribution in [-0.2, 0) is 16.7 Å². The fourth-order valence-corrected chi connectivity index (χ4v) is 3.69. The van der Waals surface area contributed by atoms with Crippen LogP contribution in [0.5, 0.6) is 5.75 Å². The van der Waals surface area contributed by atoms with Crippen LogP contribution in [-0.4, -0.2) is 13.0 Å². The molecule has 0 fully saturated rings. The van der Waals surface area contributed by atoms with Crippen molar-refractivity contribution in [1.29, 1.82) is 0 Å². The Bertz CT molecular complexity index is 882. The lowest BCUT2D eigenvalue weighted by molar-refractivity contribution is 0.477. The summed E-state index contributed by atoms with van der Waals surface area (Å²) in [5, 5.41) is 0. The highest BCUT2D eigenvalue weighted by molar-refractivity contribution is 7.87. The van der Waals surface area contributed by atoms with Gasteiger partial charge in [0.15, 0.2) is 5.75 Å². The minimum atomic E-state index is -3.90. The molecule has 0 radical (unpaired) electrons. The third kappa shape index (κ3) is 4.05. The monoisotopic (exact) mass is 365 g/mol. The van der Waals surface area contributed by atoms with Gasteiger partial charge in [0, 0.05) is 12.2 Å². The molecular formula is C18H23NO3S2. The maximum atomic E-state index is 12.5. The van der Waals surface area contributed by atoms with E-state index in [1.165, 1.54) is 0 Å². The first-order valence-electron chi connectivity index (χ1n) is 7.98. The van der Waals surface area contributed by atoms with Crippen molar-refractivity contribution < 1.29 is 12.6 Å². The molecule has 0 N–H and O–H groups in total. The van der Waals surface area contributed by atoms with Gasteiger partial charge in [-0.1, -0.05) is 43.3 Å². The summed E-state index contributed by atoms with van der Waals surface area (Å²) in [6, 6.07) is 8.27. The van der Waals surface area contributed by atoms with Crippen molar-refractivity contribution in [2.75, 3.05) is 0 Å². The van der Waals surface area contributed by atoms with Gasteiger partial charge in [-0.3, -0.25) is 0 Å². The molecule has 0 aliphatic heterocycles. The normalized spacial score (nSPS) is 11.5. The lowest BCUT2D eigenvalue weighted by Gasteiger charge is -2.16. The maximum Gasteiger partial charge on any atom is 0.339 e. The number of hydrogen-bond acceptors (Lipinski definition) is 4. The molecule has 2 rings (SSSR count). The molecule has 0 saturated heterocycles. The fraction of sp³-hybridized carbons (Fsp3) is 0.389. The van der Waals surface area contributed by atoms with Crippen LogP contribution in [0.1, 0.15) is 36.6 Å². The molecule has 0 unspecified atom stereocenters. The Kier molecular flexibility index (Phi) is 5.83. The molecule has 0 aliphatic rings. The Morgan fingerprint density at radius 2 is 1.75 bits per heavy atom. The summed E-state index contributed by atoms with van der Waals surface area (Å²) in [7, 11) is -3.90. The van der Waals surface area contributed by atoms with Crippen LogP contribution in [0.3, 0.4) is 0 Å². The Labute approximate surface area is 149 Å². The molecule has 6 heteroatoms. The van der Waals surface area contributed by atoms with Crippen LogP contribution in [0.15, 0.2) is 35.2 Å². The van der Waals surface area contributed by atoms with Crippen LogP contribution >= 0.6 is 12.2 Å². The molecule has 1 aromatic heterocycles. The van der Waals surface area contributed by atoms with Gasteiger partial charge in [-0.05, 0) is 51.0 Å². The lowest BCUT2D eigenvalue weighted by atomic mass is 10.2. The molecule has 0 atom stereocenters. The molecule has 0 spiro atoms. The first kappa shape index (κ1) is 18.7. The van der Waals surface area contributed by atoms with E-state index in [0.717, 1.165) is 36.2 Å². The summed E-state index contributed by atoms with van der Waals surface area (Å²) in [5.74, 6) is 0.213. The van der Waals surface area contributed by atoms with E-state index in [2.05, 4.69) is 6.92 Å². The van der Waals surface area contributed by atoms with Crippen molar-refractivity contribution in [3.63, 3.8) is 0 Å². The molecule has 4 nitrogen and oxygen atoms in total. The topological polar surface area (TPSA) is 48.3 Å². The Hall–Kier alpha value is -1.66. The zero-order chi connectivity index (χ0) is 17.9. The van der Waals surface area contributed by atoms with Gasteiger partial charge in [-0.2, -0.15) is 8.42 Å².